The molecule has 1 atom stereocenters. The number of nitrogens with one attached hydrogen (secondary N) is 2. The van der Waals surface area contributed by atoms with E-state index in [4.69, 9.17) is 0 Å². The van der Waals surface area contributed by atoms with Crippen LogP contribution in [0.3, 0.4) is 0 Å². The number of phenolic OH excluding ortho intramolecular Hbond substituents is 1. The summed E-state index contributed by atoms with van der Waals surface area (Å²) in [6.07, 6.45) is 1.43. The van der Waals surface area contributed by atoms with Crippen LogP contribution in [0.4, 0.5) is 10.1 Å². The molecule has 5 nitrogen and oxygen atoms in total. The summed E-state index contributed by atoms with van der Waals surface area (Å²) in [6.45, 7) is 1.67. The van der Waals surface area contributed by atoms with Crippen molar-refractivity contribution in [1.82, 2.24) is 5.43 Å². The summed E-state index contributed by atoms with van der Waals surface area (Å²) < 4.78 is 12.8. The minimum absolute atomic E-state index is 0.127. The van der Waals surface area contributed by atoms with Crippen molar-refractivity contribution in [3.63, 3.8) is 0 Å². The number of hydrogen-bond donors (Lipinski definition) is 3. The fourth-order valence-corrected chi connectivity index (χ4v) is 1.73. The van der Waals surface area contributed by atoms with Gasteiger partial charge in [-0.05, 0) is 48.9 Å². The predicted octanol–water partition coefficient (Wildman–Crippen LogP) is 2.48. The van der Waals surface area contributed by atoms with Gasteiger partial charge in [-0.15, -0.1) is 0 Å². The topological polar surface area (TPSA) is 73.7 Å². The van der Waals surface area contributed by atoms with Crippen LogP contribution in [0.2, 0.25) is 0 Å². The van der Waals surface area contributed by atoms with E-state index < -0.39 is 6.04 Å². The van der Waals surface area contributed by atoms with Gasteiger partial charge in [0.25, 0.3) is 5.91 Å². The Morgan fingerprint density at radius 2 is 2.00 bits per heavy atom. The lowest BCUT2D eigenvalue weighted by Gasteiger charge is -2.13. The van der Waals surface area contributed by atoms with Crippen LogP contribution in [0.25, 0.3) is 0 Å². The number of aromatic hydroxyl groups is 1. The van der Waals surface area contributed by atoms with Gasteiger partial charge in [-0.25, -0.2) is 9.82 Å². The zero-order valence-corrected chi connectivity index (χ0v) is 12.0. The number of nitrogens with zero attached hydrogens (tertiary/aromatic N) is 1. The largest absolute Gasteiger partial charge is 0.508 e. The molecule has 1 unspecified atom stereocenters. The molecule has 2 aromatic carbocycles. The fourth-order valence-electron chi connectivity index (χ4n) is 1.73. The Morgan fingerprint density at radius 3 is 2.68 bits per heavy atom. The number of rotatable bonds is 5. The molecule has 1 amide bonds. The lowest BCUT2D eigenvalue weighted by molar-refractivity contribution is -0.121. The summed E-state index contributed by atoms with van der Waals surface area (Å²) in [6, 6.07) is 11.7. The molecule has 0 radical (unpaired) electrons. The van der Waals surface area contributed by atoms with Gasteiger partial charge in [0, 0.05) is 5.69 Å². The number of halogens is 1. The van der Waals surface area contributed by atoms with E-state index >= 15 is 0 Å². The van der Waals surface area contributed by atoms with Crippen LogP contribution >= 0.6 is 0 Å². The normalized spacial score (nSPS) is 12.1. The Balaban J connectivity index is 1.87. The van der Waals surface area contributed by atoms with Crippen LogP contribution in [-0.4, -0.2) is 23.3 Å². The molecule has 6 heteroatoms. The summed E-state index contributed by atoms with van der Waals surface area (Å²) in [5.41, 5.74) is 3.70. The van der Waals surface area contributed by atoms with E-state index in [2.05, 4.69) is 15.8 Å². The van der Waals surface area contributed by atoms with Crippen LogP contribution in [0, 0.1) is 5.82 Å². The smallest absolute Gasteiger partial charge is 0.262 e. The first-order valence-corrected chi connectivity index (χ1v) is 6.68. The van der Waals surface area contributed by atoms with E-state index in [9.17, 15) is 14.3 Å². The first-order chi connectivity index (χ1) is 10.5. The van der Waals surface area contributed by atoms with Gasteiger partial charge >= 0.3 is 0 Å². The second kappa shape index (κ2) is 7.21. The lowest BCUT2D eigenvalue weighted by Crippen LogP contribution is -2.34. The van der Waals surface area contributed by atoms with Gasteiger partial charge in [0.05, 0.1) is 6.21 Å². The molecule has 2 rings (SSSR count). The van der Waals surface area contributed by atoms with Crippen LogP contribution in [0.5, 0.6) is 5.75 Å². The van der Waals surface area contributed by atoms with Gasteiger partial charge in [0.2, 0.25) is 0 Å². The molecular weight excluding hydrogens is 285 g/mol. The number of carbonyl (C=O) groups is 1. The summed E-state index contributed by atoms with van der Waals surface area (Å²) in [5, 5.41) is 16.1. The number of benzene rings is 2. The third-order valence-electron chi connectivity index (χ3n) is 2.88. The number of anilines is 1. The first-order valence-electron chi connectivity index (χ1n) is 6.68. The van der Waals surface area contributed by atoms with Gasteiger partial charge in [-0.1, -0.05) is 12.1 Å². The van der Waals surface area contributed by atoms with E-state index in [1.54, 1.807) is 37.3 Å². The van der Waals surface area contributed by atoms with E-state index in [0.29, 0.717) is 11.3 Å². The van der Waals surface area contributed by atoms with Gasteiger partial charge in [-0.2, -0.15) is 5.10 Å². The molecule has 3 N–H and O–H groups in total. The summed E-state index contributed by atoms with van der Waals surface area (Å²) in [4.78, 5) is 11.9. The van der Waals surface area contributed by atoms with Crippen molar-refractivity contribution in [2.45, 2.75) is 13.0 Å². The molecule has 0 fully saturated rings. The fraction of sp³-hybridized carbons (Fsp3) is 0.125. The van der Waals surface area contributed by atoms with E-state index in [1.165, 1.54) is 24.4 Å². The molecule has 0 saturated heterocycles. The van der Waals surface area contributed by atoms with Crippen LogP contribution in [0.15, 0.2) is 53.6 Å². The minimum Gasteiger partial charge on any atom is -0.508 e. The second-order valence-electron chi connectivity index (χ2n) is 4.70. The standard InChI is InChI=1S/C16H16FN3O2/c1-11(19-14-7-5-13(17)6-8-14)16(22)20-18-10-12-3-2-4-15(21)9-12/h2-11,19,21H,1H3,(H,20,22)/b18-10+. The van der Waals surface area contributed by atoms with Crippen molar-refractivity contribution in [3.8, 4) is 5.75 Å². The number of hydrogen-bond acceptors (Lipinski definition) is 4. The Kier molecular flexibility index (Phi) is 5.08. The first kappa shape index (κ1) is 15.5. The maximum Gasteiger partial charge on any atom is 0.262 e. The highest BCUT2D eigenvalue weighted by molar-refractivity contribution is 5.86. The highest BCUT2D eigenvalue weighted by Gasteiger charge is 2.11. The van der Waals surface area contributed by atoms with Crippen molar-refractivity contribution in [3.05, 3.63) is 59.9 Å². The molecule has 2 aromatic rings. The van der Waals surface area contributed by atoms with E-state index in [1.807, 2.05) is 0 Å². The van der Waals surface area contributed by atoms with Crippen LogP contribution < -0.4 is 10.7 Å². The van der Waals surface area contributed by atoms with Crippen molar-refractivity contribution in [2.24, 2.45) is 5.10 Å². The minimum atomic E-state index is -0.535. The average molecular weight is 301 g/mol. The Bertz CT molecular complexity index is 671. The van der Waals surface area contributed by atoms with E-state index in [0.717, 1.165) is 0 Å². The highest BCUT2D eigenvalue weighted by Crippen LogP contribution is 2.10. The summed E-state index contributed by atoms with van der Waals surface area (Å²) in [5.74, 6) is -0.541. The zero-order chi connectivity index (χ0) is 15.9. The van der Waals surface area contributed by atoms with Crippen molar-refractivity contribution in [2.75, 3.05) is 5.32 Å². The maximum absolute atomic E-state index is 12.8. The van der Waals surface area contributed by atoms with Gasteiger partial charge in [0.15, 0.2) is 0 Å². The molecule has 0 heterocycles. The van der Waals surface area contributed by atoms with Gasteiger partial charge in [0.1, 0.15) is 17.6 Å². The van der Waals surface area contributed by atoms with E-state index in [-0.39, 0.29) is 17.5 Å². The highest BCUT2D eigenvalue weighted by atomic mass is 19.1. The van der Waals surface area contributed by atoms with Crippen LogP contribution in [-0.2, 0) is 4.79 Å². The molecule has 0 spiro atoms. The van der Waals surface area contributed by atoms with Crippen LogP contribution in [0.1, 0.15) is 12.5 Å². The van der Waals surface area contributed by atoms with Crippen molar-refractivity contribution >= 4 is 17.8 Å². The molecule has 0 bridgehead atoms. The lowest BCUT2D eigenvalue weighted by atomic mass is 10.2. The van der Waals surface area contributed by atoms with Crippen molar-refractivity contribution < 1.29 is 14.3 Å². The second-order valence-corrected chi connectivity index (χ2v) is 4.70. The SMILES string of the molecule is CC(Nc1ccc(F)cc1)C(=O)N/N=C/c1cccc(O)c1. The Morgan fingerprint density at radius 1 is 1.27 bits per heavy atom. The molecular formula is C16H16FN3O2. The molecule has 114 valence electrons. The molecule has 0 aliphatic carbocycles. The number of phenols is 1. The zero-order valence-electron chi connectivity index (χ0n) is 12.0. The van der Waals surface area contributed by atoms with Gasteiger partial charge < -0.3 is 10.4 Å². The Hall–Kier alpha value is -2.89. The molecule has 0 saturated carbocycles. The molecule has 0 aliphatic heterocycles. The monoisotopic (exact) mass is 301 g/mol. The molecule has 0 aliphatic rings. The quantitative estimate of drug-likeness (QED) is 0.587. The predicted molar refractivity (Wildman–Crippen MR) is 83.3 cm³/mol. The third-order valence-corrected chi connectivity index (χ3v) is 2.88. The summed E-state index contributed by atoms with van der Waals surface area (Å²) in [7, 11) is 0. The number of carbonyl (C=O) groups excluding carboxylic acids is 1. The third kappa shape index (κ3) is 4.59. The average Bonchev–Trinajstić information content (AvgIpc) is 2.49. The number of amides is 1. The number of hydrazone groups is 1. The Labute approximate surface area is 127 Å². The molecule has 22 heavy (non-hydrogen) atoms. The van der Waals surface area contributed by atoms with Gasteiger partial charge in [-0.3, -0.25) is 4.79 Å². The maximum atomic E-state index is 12.8. The molecule has 0 aromatic heterocycles. The van der Waals surface area contributed by atoms with Crippen molar-refractivity contribution in [1.29, 1.82) is 0 Å². The summed E-state index contributed by atoms with van der Waals surface area (Å²) >= 11 is 0.